The fraction of sp³-hybridized carbons (Fsp3) is 0.0526. The molecule has 136 valence electrons. The normalized spacial score (nSPS) is 11.0. The molecule has 0 aliphatic carbocycles. The van der Waals surface area contributed by atoms with E-state index in [1.807, 2.05) is 0 Å². The maximum atomic E-state index is 11.0. The minimum Gasteiger partial charge on any atom is -0.478 e. The summed E-state index contributed by atoms with van der Waals surface area (Å²) in [6, 6.07) is 12.5. The van der Waals surface area contributed by atoms with Crippen LogP contribution in [0.2, 0.25) is 5.02 Å². The summed E-state index contributed by atoms with van der Waals surface area (Å²) >= 11 is 5.78. The summed E-state index contributed by atoms with van der Waals surface area (Å²) in [4.78, 5) is 25.5. The van der Waals surface area contributed by atoms with E-state index in [0.717, 1.165) is 11.1 Å². The minimum absolute atomic E-state index is 0.0412. The summed E-state index contributed by atoms with van der Waals surface area (Å²) in [5.41, 5.74) is 1.88. The number of carboxylic acids is 1. The average Bonchev–Trinajstić information content (AvgIpc) is 3.09. The van der Waals surface area contributed by atoms with Gasteiger partial charge in [0, 0.05) is 11.6 Å². The molecule has 0 saturated heterocycles. The summed E-state index contributed by atoms with van der Waals surface area (Å²) in [5, 5.41) is 20.0. The first kappa shape index (κ1) is 18.3. The number of aromatic carboxylic acids is 1. The van der Waals surface area contributed by atoms with E-state index in [1.165, 1.54) is 24.4 Å². The standard InChI is InChI=1S/C19H13ClN2O5/c1-11-8-12(19(23)24)2-5-15(11)18-7-4-14(27-18)10-21-13-3-6-16(20)17(9-13)22(25)26/h2-10H,1H3,(H,23,24). The van der Waals surface area contributed by atoms with Crippen LogP contribution in [0.3, 0.4) is 0 Å². The number of aryl methyl sites for hydroxylation is 1. The van der Waals surface area contributed by atoms with Crippen molar-refractivity contribution in [2.45, 2.75) is 6.92 Å². The molecule has 8 heteroatoms. The largest absolute Gasteiger partial charge is 0.478 e. The van der Waals surface area contributed by atoms with Crippen LogP contribution in [-0.2, 0) is 0 Å². The van der Waals surface area contributed by atoms with E-state index in [2.05, 4.69) is 4.99 Å². The molecular formula is C19H13ClN2O5. The van der Waals surface area contributed by atoms with Crippen molar-refractivity contribution in [1.29, 1.82) is 0 Å². The van der Waals surface area contributed by atoms with Crippen LogP contribution in [0.15, 0.2) is 57.9 Å². The van der Waals surface area contributed by atoms with Gasteiger partial charge in [-0.15, -0.1) is 0 Å². The highest BCUT2D eigenvalue weighted by molar-refractivity contribution is 6.32. The molecule has 0 aliphatic heterocycles. The van der Waals surface area contributed by atoms with E-state index in [-0.39, 0.29) is 16.3 Å². The molecule has 0 unspecified atom stereocenters. The van der Waals surface area contributed by atoms with Gasteiger partial charge in [0.1, 0.15) is 16.5 Å². The Morgan fingerprint density at radius 3 is 2.67 bits per heavy atom. The monoisotopic (exact) mass is 384 g/mol. The topological polar surface area (TPSA) is 106 Å². The van der Waals surface area contributed by atoms with Gasteiger partial charge in [-0.3, -0.25) is 15.1 Å². The molecule has 1 heterocycles. The molecular weight excluding hydrogens is 372 g/mol. The van der Waals surface area contributed by atoms with Gasteiger partial charge in [-0.25, -0.2) is 4.79 Å². The third-order valence-electron chi connectivity index (χ3n) is 3.83. The highest BCUT2D eigenvalue weighted by atomic mass is 35.5. The molecule has 0 amide bonds. The number of nitro benzene ring substituents is 1. The molecule has 0 atom stereocenters. The van der Waals surface area contributed by atoms with Crippen molar-refractivity contribution in [3.8, 4) is 11.3 Å². The van der Waals surface area contributed by atoms with E-state index in [1.54, 1.807) is 37.3 Å². The van der Waals surface area contributed by atoms with E-state index < -0.39 is 10.9 Å². The number of aliphatic imine (C=N–C) groups is 1. The Bertz CT molecular complexity index is 1070. The number of benzene rings is 2. The molecule has 0 fully saturated rings. The van der Waals surface area contributed by atoms with E-state index in [0.29, 0.717) is 17.2 Å². The quantitative estimate of drug-likeness (QED) is 0.366. The number of carbonyl (C=O) groups is 1. The van der Waals surface area contributed by atoms with Gasteiger partial charge in [0.25, 0.3) is 5.69 Å². The molecule has 27 heavy (non-hydrogen) atoms. The van der Waals surface area contributed by atoms with Crippen molar-refractivity contribution in [2.24, 2.45) is 4.99 Å². The fourth-order valence-corrected chi connectivity index (χ4v) is 2.69. The van der Waals surface area contributed by atoms with Crippen molar-refractivity contribution >= 4 is 35.2 Å². The van der Waals surface area contributed by atoms with Crippen LogP contribution in [0, 0.1) is 17.0 Å². The van der Waals surface area contributed by atoms with E-state index in [9.17, 15) is 14.9 Å². The summed E-state index contributed by atoms with van der Waals surface area (Å²) in [6.45, 7) is 1.80. The number of carboxylic acid groups (broad SMARTS) is 1. The zero-order chi connectivity index (χ0) is 19.6. The number of rotatable bonds is 5. The molecule has 0 saturated carbocycles. The van der Waals surface area contributed by atoms with Gasteiger partial charge >= 0.3 is 5.97 Å². The Morgan fingerprint density at radius 2 is 2.00 bits per heavy atom. The lowest BCUT2D eigenvalue weighted by Crippen LogP contribution is -1.96. The van der Waals surface area contributed by atoms with Crippen LogP contribution in [0.5, 0.6) is 0 Å². The highest BCUT2D eigenvalue weighted by Crippen LogP contribution is 2.29. The molecule has 0 bridgehead atoms. The molecule has 1 aromatic heterocycles. The van der Waals surface area contributed by atoms with Crippen molar-refractivity contribution in [3.05, 3.63) is 80.6 Å². The van der Waals surface area contributed by atoms with Crippen LogP contribution in [0.1, 0.15) is 21.7 Å². The second-order valence-corrected chi connectivity index (χ2v) is 6.10. The van der Waals surface area contributed by atoms with Gasteiger partial charge in [-0.1, -0.05) is 17.7 Å². The summed E-state index contributed by atoms with van der Waals surface area (Å²) in [7, 11) is 0. The first-order valence-corrected chi connectivity index (χ1v) is 8.15. The number of halogens is 1. The predicted octanol–water partition coefficient (Wildman–Crippen LogP) is 5.27. The highest BCUT2D eigenvalue weighted by Gasteiger charge is 2.13. The average molecular weight is 385 g/mol. The Kier molecular flexibility index (Phi) is 5.05. The zero-order valence-corrected chi connectivity index (χ0v) is 14.8. The summed E-state index contributed by atoms with van der Waals surface area (Å²) in [5.74, 6) is 0.0197. The lowest BCUT2D eigenvalue weighted by atomic mass is 10.0. The lowest BCUT2D eigenvalue weighted by molar-refractivity contribution is -0.384. The first-order valence-electron chi connectivity index (χ1n) is 7.77. The molecule has 7 nitrogen and oxygen atoms in total. The molecule has 0 radical (unpaired) electrons. The SMILES string of the molecule is Cc1cc(C(=O)O)ccc1-c1ccc(C=Nc2ccc(Cl)c([N+](=O)[O-])c2)o1. The first-order chi connectivity index (χ1) is 12.8. The van der Waals surface area contributed by atoms with Crippen LogP contribution < -0.4 is 0 Å². The van der Waals surface area contributed by atoms with Crippen molar-refractivity contribution < 1.29 is 19.2 Å². The van der Waals surface area contributed by atoms with Crippen LogP contribution >= 0.6 is 11.6 Å². The fourth-order valence-electron chi connectivity index (χ4n) is 2.50. The Morgan fingerprint density at radius 1 is 1.22 bits per heavy atom. The molecule has 1 N–H and O–H groups in total. The molecule has 3 aromatic rings. The maximum Gasteiger partial charge on any atom is 0.335 e. The van der Waals surface area contributed by atoms with Gasteiger partial charge in [0.15, 0.2) is 0 Å². The second kappa shape index (κ2) is 7.43. The van der Waals surface area contributed by atoms with Crippen molar-refractivity contribution in [2.75, 3.05) is 0 Å². The Labute approximate surface area is 158 Å². The van der Waals surface area contributed by atoms with Gasteiger partial charge in [-0.2, -0.15) is 0 Å². The molecule has 0 aliphatic rings. The van der Waals surface area contributed by atoms with E-state index >= 15 is 0 Å². The van der Waals surface area contributed by atoms with Crippen LogP contribution in [0.25, 0.3) is 11.3 Å². The van der Waals surface area contributed by atoms with Crippen molar-refractivity contribution in [3.63, 3.8) is 0 Å². The Hall–Kier alpha value is -3.45. The van der Waals surface area contributed by atoms with Crippen molar-refractivity contribution in [1.82, 2.24) is 0 Å². The third kappa shape index (κ3) is 4.04. The summed E-state index contributed by atoms with van der Waals surface area (Å²) in [6.07, 6.45) is 1.44. The molecule has 3 rings (SSSR count). The summed E-state index contributed by atoms with van der Waals surface area (Å²) < 4.78 is 5.72. The third-order valence-corrected chi connectivity index (χ3v) is 4.15. The molecule has 0 spiro atoms. The van der Waals surface area contributed by atoms with Gasteiger partial charge < -0.3 is 9.52 Å². The van der Waals surface area contributed by atoms with Crippen LogP contribution in [-0.4, -0.2) is 22.2 Å². The smallest absolute Gasteiger partial charge is 0.335 e. The number of hydrogen-bond acceptors (Lipinski definition) is 5. The van der Waals surface area contributed by atoms with Gasteiger partial charge in [0.2, 0.25) is 0 Å². The predicted molar refractivity (Wildman–Crippen MR) is 101 cm³/mol. The number of nitro groups is 1. The Balaban J connectivity index is 1.84. The zero-order valence-electron chi connectivity index (χ0n) is 14.0. The number of hydrogen-bond donors (Lipinski definition) is 1. The minimum atomic E-state index is -0.992. The van der Waals surface area contributed by atoms with Crippen LogP contribution in [0.4, 0.5) is 11.4 Å². The van der Waals surface area contributed by atoms with Gasteiger partial charge in [-0.05, 0) is 48.9 Å². The number of furan rings is 1. The molecule has 2 aromatic carbocycles. The van der Waals surface area contributed by atoms with E-state index in [4.69, 9.17) is 21.1 Å². The second-order valence-electron chi connectivity index (χ2n) is 5.69. The lowest BCUT2D eigenvalue weighted by Gasteiger charge is -2.03. The van der Waals surface area contributed by atoms with Gasteiger partial charge in [0.05, 0.1) is 22.4 Å². The number of nitrogens with zero attached hydrogens (tertiary/aromatic N) is 2. The maximum absolute atomic E-state index is 11.0.